The Balaban J connectivity index is 1.41. The van der Waals surface area contributed by atoms with Gasteiger partial charge in [0.2, 0.25) is 15.9 Å². The van der Waals surface area contributed by atoms with Gasteiger partial charge in [0.15, 0.2) is 11.5 Å². The number of ether oxygens (including phenoxy) is 3. The summed E-state index contributed by atoms with van der Waals surface area (Å²) in [6, 6.07) is 14.1. The summed E-state index contributed by atoms with van der Waals surface area (Å²) in [5.74, 6) is 1.74. The van der Waals surface area contributed by atoms with Crippen LogP contribution in [0.2, 0.25) is 0 Å². The normalized spacial score (nSPS) is 14.1. The Kier molecular flexibility index (Phi) is 9.87. The molecule has 5 heterocycles. The van der Waals surface area contributed by atoms with Crippen LogP contribution < -0.4 is 23.8 Å². The van der Waals surface area contributed by atoms with Gasteiger partial charge in [-0.3, -0.25) is 24.3 Å². The highest BCUT2D eigenvalue weighted by molar-refractivity contribution is 7.92. The molecule has 7 rings (SSSR count). The molecular formula is C36H40N10O6S. The van der Waals surface area contributed by atoms with Gasteiger partial charge < -0.3 is 19.1 Å². The van der Waals surface area contributed by atoms with Crippen LogP contribution in [0.15, 0.2) is 73.3 Å². The lowest BCUT2D eigenvalue weighted by molar-refractivity contribution is -0.120. The molecule has 0 spiro atoms. The molecule has 1 aliphatic rings. The van der Waals surface area contributed by atoms with Gasteiger partial charge in [-0.05, 0) is 43.4 Å². The van der Waals surface area contributed by atoms with E-state index in [1.807, 2.05) is 18.2 Å². The molecule has 4 aromatic heterocycles. The smallest absolute Gasteiger partial charge is 0.242 e. The van der Waals surface area contributed by atoms with E-state index < -0.39 is 10.0 Å². The molecule has 0 atom stereocenters. The molecule has 53 heavy (non-hydrogen) atoms. The van der Waals surface area contributed by atoms with Crippen molar-refractivity contribution in [2.45, 2.75) is 6.54 Å². The van der Waals surface area contributed by atoms with Crippen LogP contribution in [0.4, 0.5) is 11.5 Å². The van der Waals surface area contributed by atoms with Crippen molar-refractivity contribution in [1.82, 2.24) is 39.2 Å². The SMILES string of the molecule is COc1ccc(CN(C(=O)CN2CCN(C)CC2)c2nn(-c3ccc(NS(C)(=O)=O)cc3OC)c3cc(-c4cnn5cccnc45)ncc23)c(OC)c1. The number of benzene rings is 2. The van der Waals surface area contributed by atoms with E-state index in [0.29, 0.717) is 62.2 Å². The number of carbonyl (C=O) groups excluding carboxylic acids is 1. The molecule has 0 bridgehead atoms. The summed E-state index contributed by atoms with van der Waals surface area (Å²) in [5, 5.41) is 10.1. The maximum absolute atomic E-state index is 14.5. The number of nitrogens with zero attached hydrogens (tertiary/aromatic N) is 9. The fourth-order valence-electron chi connectivity index (χ4n) is 6.38. The van der Waals surface area contributed by atoms with Crippen LogP contribution in [-0.2, 0) is 21.4 Å². The van der Waals surface area contributed by atoms with Crippen LogP contribution in [0.1, 0.15) is 5.56 Å². The minimum Gasteiger partial charge on any atom is -0.497 e. The first-order valence-corrected chi connectivity index (χ1v) is 18.7. The van der Waals surface area contributed by atoms with Gasteiger partial charge in [0.1, 0.15) is 22.9 Å². The second-order valence-corrected chi connectivity index (χ2v) is 14.5. The molecule has 1 N–H and O–H groups in total. The number of fused-ring (bicyclic) bond motifs is 2. The number of anilines is 2. The quantitative estimate of drug-likeness (QED) is 0.195. The van der Waals surface area contributed by atoms with Crippen LogP contribution in [0, 0.1) is 0 Å². The van der Waals surface area contributed by atoms with Gasteiger partial charge in [-0.25, -0.2) is 22.6 Å². The largest absolute Gasteiger partial charge is 0.497 e. The van der Waals surface area contributed by atoms with Crippen molar-refractivity contribution in [3.63, 3.8) is 0 Å². The maximum atomic E-state index is 14.5. The third-order valence-corrected chi connectivity index (χ3v) is 9.75. The minimum atomic E-state index is -3.55. The number of aromatic nitrogens is 6. The van der Waals surface area contributed by atoms with Crippen molar-refractivity contribution in [2.24, 2.45) is 0 Å². The number of likely N-dealkylation sites (N-methyl/N-ethyl adjacent to an activating group) is 1. The lowest BCUT2D eigenvalue weighted by Crippen LogP contribution is -2.49. The fourth-order valence-corrected chi connectivity index (χ4v) is 6.93. The predicted molar refractivity (Wildman–Crippen MR) is 201 cm³/mol. The zero-order chi connectivity index (χ0) is 37.3. The van der Waals surface area contributed by atoms with Gasteiger partial charge in [0.05, 0.1) is 74.7 Å². The molecule has 0 saturated carbocycles. The van der Waals surface area contributed by atoms with Crippen molar-refractivity contribution >= 4 is 44.0 Å². The zero-order valence-electron chi connectivity index (χ0n) is 30.1. The minimum absolute atomic E-state index is 0.139. The Morgan fingerprint density at radius 1 is 0.943 bits per heavy atom. The van der Waals surface area contributed by atoms with Crippen LogP contribution in [0.25, 0.3) is 33.5 Å². The number of hydrogen-bond donors (Lipinski definition) is 1. The van der Waals surface area contributed by atoms with Gasteiger partial charge in [0, 0.05) is 62.5 Å². The van der Waals surface area contributed by atoms with Gasteiger partial charge in [0.25, 0.3) is 0 Å². The highest BCUT2D eigenvalue weighted by atomic mass is 32.2. The molecular weight excluding hydrogens is 701 g/mol. The van der Waals surface area contributed by atoms with E-state index in [4.69, 9.17) is 24.3 Å². The molecule has 2 aromatic carbocycles. The summed E-state index contributed by atoms with van der Waals surface area (Å²) >= 11 is 0. The van der Waals surface area contributed by atoms with E-state index in [1.54, 1.807) is 83.4 Å². The first-order valence-electron chi connectivity index (χ1n) is 16.8. The first kappa shape index (κ1) is 35.6. The topological polar surface area (TPSA) is 162 Å². The molecule has 0 radical (unpaired) electrons. The molecule has 1 aliphatic heterocycles. The third kappa shape index (κ3) is 7.44. The van der Waals surface area contributed by atoms with E-state index in [1.165, 1.54) is 7.11 Å². The van der Waals surface area contributed by atoms with E-state index in [0.717, 1.165) is 38.0 Å². The number of amides is 1. The number of rotatable bonds is 12. The highest BCUT2D eigenvalue weighted by Gasteiger charge is 2.29. The summed E-state index contributed by atoms with van der Waals surface area (Å²) in [7, 11) is 3.18. The van der Waals surface area contributed by atoms with Crippen LogP contribution in [0.3, 0.4) is 0 Å². The summed E-state index contributed by atoms with van der Waals surface area (Å²) in [6.45, 7) is 3.52. The number of carbonyl (C=O) groups is 1. The van der Waals surface area contributed by atoms with Crippen molar-refractivity contribution in [3.05, 3.63) is 78.9 Å². The van der Waals surface area contributed by atoms with Crippen LogP contribution in [-0.4, -0.2) is 121 Å². The highest BCUT2D eigenvalue weighted by Crippen LogP contribution is 2.37. The van der Waals surface area contributed by atoms with Crippen molar-refractivity contribution < 1.29 is 27.4 Å². The average molecular weight is 741 g/mol. The Morgan fingerprint density at radius 2 is 1.74 bits per heavy atom. The molecule has 1 fully saturated rings. The number of sulfonamides is 1. The monoisotopic (exact) mass is 740 g/mol. The Bertz CT molecular complexity index is 2410. The molecule has 16 nitrogen and oxygen atoms in total. The second-order valence-electron chi connectivity index (χ2n) is 12.8. The fraction of sp³-hybridized carbons (Fsp3) is 0.306. The molecule has 0 unspecified atom stereocenters. The molecule has 276 valence electrons. The molecule has 1 amide bonds. The molecule has 6 aromatic rings. The Labute approximate surface area is 306 Å². The van der Waals surface area contributed by atoms with Crippen LogP contribution in [0.5, 0.6) is 17.2 Å². The second kappa shape index (κ2) is 14.7. The van der Waals surface area contributed by atoms with E-state index in [-0.39, 0.29) is 19.0 Å². The Hall–Kier alpha value is -5.78. The third-order valence-electron chi connectivity index (χ3n) is 9.15. The number of methoxy groups -OCH3 is 3. The summed E-state index contributed by atoms with van der Waals surface area (Å²) in [4.78, 5) is 29.9. The van der Waals surface area contributed by atoms with Crippen molar-refractivity contribution in [2.75, 3.05) is 77.0 Å². The van der Waals surface area contributed by atoms with Gasteiger partial charge in [-0.2, -0.15) is 5.10 Å². The predicted octanol–water partition coefficient (Wildman–Crippen LogP) is 3.31. The van der Waals surface area contributed by atoms with Gasteiger partial charge in [-0.15, -0.1) is 5.10 Å². The average Bonchev–Trinajstić information content (AvgIpc) is 3.75. The summed E-state index contributed by atoms with van der Waals surface area (Å²) < 4.78 is 46.9. The van der Waals surface area contributed by atoms with Crippen molar-refractivity contribution in [1.29, 1.82) is 0 Å². The standard InChI is InChI=1S/C36H40N10O6S/c1-42-13-15-43(16-14-42)23-34(47)44(22-24-7-9-26(50-2)18-32(24)51-3)36-28-20-38-29(27-21-39-45-12-6-11-37-35(27)45)19-31(28)46(40-36)30-10-8-25(17-33(30)52-4)41-53(5,48)49/h6-12,17-21,41H,13-16,22-23H2,1-5H3. The molecule has 1 saturated heterocycles. The van der Waals surface area contributed by atoms with Gasteiger partial charge in [-0.1, -0.05) is 0 Å². The van der Waals surface area contributed by atoms with E-state index in [2.05, 4.69) is 31.7 Å². The number of pyridine rings is 1. The summed E-state index contributed by atoms with van der Waals surface area (Å²) in [5.41, 5.74) is 4.09. The van der Waals surface area contributed by atoms with Crippen molar-refractivity contribution in [3.8, 4) is 34.2 Å². The lowest BCUT2D eigenvalue weighted by atomic mass is 10.1. The zero-order valence-corrected chi connectivity index (χ0v) is 30.9. The van der Waals surface area contributed by atoms with Gasteiger partial charge >= 0.3 is 0 Å². The molecule has 17 heteroatoms. The maximum Gasteiger partial charge on any atom is 0.242 e. The Morgan fingerprint density at radius 3 is 2.47 bits per heavy atom. The van der Waals surface area contributed by atoms with Crippen LogP contribution >= 0.6 is 0 Å². The molecule has 0 aliphatic carbocycles. The lowest BCUT2D eigenvalue weighted by Gasteiger charge is -2.33. The number of piperazine rings is 1. The number of hydrogen-bond acceptors (Lipinski definition) is 12. The van der Waals surface area contributed by atoms with E-state index in [9.17, 15) is 13.2 Å². The first-order chi connectivity index (χ1) is 25.5. The summed E-state index contributed by atoms with van der Waals surface area (Å²) in [6.07, 6.45) is 7.97. The van der Waals surface area contributed by atoms with E-state index >= 15 is 0 Å². The number of nitrogens with one attached hydrogen (secondary N) is 1.